The van der Waals surface area contributed by atoms with Crippen molar-refractivity contribution in [1.82, 2.24) is 0 Å². The van der Waals surface area contributed by atoms with Gasteiger partial charge in [0.1, 0.15) is 11.5 Å². The molecule has 0 aliphatic heterocycles. The third-order valence-corrected chi connectivity index (χ3v) is 2.43. The molecule has 0 saturated carbocycles. The third-order valence-electron chi connectivity index (χ3n) is 2.43. The van der Waals surface area contributed by atoms with Crippen molar-refractivity contribution in [2.75, 3.05) is 5.32 Å². The van der Waals surface area contributed by atoms with Crippen LogP contribution >= 0.6 is 0 Å². The maximum absolute atomic E-state index is 11.0. The molecule has 0 aliphatic rings. The third kappa shape index (κ3) is 3.42. The molecule has 2 rings (SSSR count). The predicted octanol–water partition coefficient (Wildman–Crippen LogP) is 3.25. The van der Waals surface area contributed by atoms with E-state index in [-0.39, 0.29) is 5.91 Å². The molecule has 4 heteroatoms. The fourth-order valence-electron chi connectivity index (χ4n) is 1.64. The van der Waals surface area contributed by atoms with Gasteiger partial charge in [-0.2, -0.15) is 0 Å². The molecule has 0 aliphatic carbocycles. The Morgan fingerprint density at radius 2 is 1.95 bits per heavy atom. The zero-order valence-corrected chi connectivity index (χ0v) is 10.4. The maximum atomic E-state index is 11.0. The van der Waals surface area contributed by atoms with Gasteiger partial charge in [0.2, 0.25) is 5.91 Å². The molecule has 96 valence electrons. The van der Waals surface area contributed by atoms with E-state index in [0.717, 1.165) is 6.29 Å². The number of hydrogen-bond acceptors (Lipinski definition) is 3. The van der Waals surface area contributed by atoms with Crippen LogP contribution in [-0.2, 0) is 4.79 Å². The Bertz CT molecular complexity index is 608. The van der Waals surface area contributed by atoms with Crippen molar-refractivity contribution in [3.63, 3.8) is 0 Å². The van der Waals surface area contributed by atoms with E-state index in [0.29, 0.717) is 22.7 Å². The number of carbonyl (C=O) groups excluding carboxylic acids is 2. The topological polar surface area (TPSA) is 55.4 Å². The Kier molecular flexibility index (Phi) is 3.93. The quantitative estimate of drug-likeness (QED) is 0.853. The molecule has 4 nitrogen and oxygen atoms in total. The van der Waals surface area contributed by atoms with Gasteiger partial charge in [0, 0.05) is 18.7 Å². The van der Waals surface area contributed by atoms with Crippen LogP contribution in [0.4, 0.5) is 5.69 Å². The average Bonchev–Trinajstić information content (AvgIpc) is 2.39. The Hall–Kier alpha value is -2.62. The van der Waals surface area contributed by atoms with E-state index in [1.54, 1.807) is 48.5 Å². The fraction of sp³-hybridized carbons (Fsp3) is 0.0667. The van der Waals surface area contributed by atoms with Crippen LogP contribution in [0.3, 0.4) is 0 Å². The molecule has 0 fully saturated rings. The minimum atomic E-state index is -0.148. The summed E-state index contributed by atoms with van der Waals surface area (Å²) in [5.74, 6) is 0.892. The Balaban J connectivity index is 2.23. The summed E-state index contributed by atoms with van der Waals surface area (Å²) in [5.41, 5.74) is 1.13. The summed E-state index contributed by atoms with van der Waals surface area (Å²) < 4.78 is 5.64. The Morgan fingerprint density at radius 1 is 1.16 bits per heavy atom. The highest BCUT2D eigenvalue weighted by molar-refractivity contribution is 5.88. The average molecular weight is 255 g/mol. The van der Waals surface area contributed by atoms with Crippen LogP contribution in [0.15, 0.2) is 48.5 Å². The van der Waals surface area contributed by atoms with Crippen molar-refractivity contribution in [3.8, 4) is 11.5 Å². The summed E-state index contributed by atoms with van der Waals surface area (Å²) in [6, 6.07) is 13.9. The Morgan fingerprint density at radius 3 is 2.68 bits per heavy atom. The van der Waals surface area contributed by atoms with Gasteiger partial charge in [0.25, 0.3) is 0 Å². The predicted molar refractivity (Wildman–Crippen MR) is 72.6 cm³/mol. The number of amides is 1. The lowest BCUT2D eigenvalue weighted by Crippen LogP contribution is -2.05. The van der Waals surface area contributed by atoms with Crippen LogP contribution in [0.1, 0.15) is 17.3 Å². The molecule has 0 saturated heterocycles. The van der Waals surface area contributed by atoms with Gasteiger partial charge < -0.3 is 10.1 Å². The normalized spacial score (nSPS) is 9.74. The van der Waals surface area contributed by atoms with Gasteiger partial charge in [0.15, 0.2) is 6.29 Å². The first-order chi connectivity index (χ1) is 9.19. The zero-order valence-electron chi connectivity index (χ0n) is 10.4. The first-order valence-corrected chi connectivity index (χ1v) is 5.79. The van der Waals surface area contributed by atoms with E-state index < -0.39 is 0 Å². The minimum absolute atomic E-state index is 0.148. The number of carbonyl (C=O) groups is 2. The summed E-state index contributed by atoms with van der Waals surface area (Å²) in [5, 5.41) is 2.67. The van der Waals surface area contributed by atoms with Gasteiger partial charge in [0.05, 0.1) is 5.56 Å². The highest BCUT2D eigenvalue weighted by Gasteiger charge is 2.04. The van der Waals surface area contributed by atoms with E-state index >= 15 is 0 Å². The number of ether oxygens (including phenoxy) is 1. The SMILES string of the molecule is CC(=O)Nc1cccc(Oc2ccccc2C=O)c1. The summed E-state index contributed by atoms with van der Waals surface area (Å²) in [6.45, 7) is 1.44. The molecule has 2 aromatic rings. The number of anilines is 1. The first-order valence-electron chi connectivity index (χ1n) is 5.79. The molecule has 0 aromatic heterocycles. The van der Waals surface area contributed by atoms with Gasteiger partial charge in [-0.1, -0.05) is 18.2 Å². The molecule has 0 heterocycles. The molecule has 0 unspecified atom stereocenters. The fourth-order valence-corrected chi connectivity index (χ4v) is 1.64. The van der Waals surface area contributed by atoms with Crippen molar-refractivity contribution in [1.29, 1.82) is 0 Å². The molecule has 0 atom stereocenters. The lowest BCUT2D eigenvalue weighted by Gasteiger charge is -2.09. The summed E-state index contributed by atoms with van der Waals surface area (Å²) >= 11 is 0. The van der Waals surface area contributed by atoms with Crippen LogP contribution in [0.25, 0.3) is 0 Å². The number of hydrogen-bond donors (Lipinski definition) is 1. The molecule has 2 aromatic carbocycles. The number of benzene rings is 2. The minimum Gasteiger partial charge on any atom is -0.457 e. The molecule has 0 spiro atoms. The van der Waals surface area contributed by atoms with Crippen LogP contribution in [0.2, 0.25) is 0 Å². The van der Waals surface area contributed by atoms with Crippen molar-refractivity contribution in [3.05, 3.63) is 54.1 Å². The van der Waals surface area contributed by atoms with Crippen LogP contribution < -0.4 is 10.1 Å². The van der Waals surface area contributed by atoms with Crippen molar-refractivity contribution < 1.29 is 14.3 Å². The number of aldehydes is 1. The second-order valence-corrected chi connectivity index (χ2v) is 3.97. The van der Waals surface area contributed by atoms with Gasteiger partial charge in [-0.25, -0.2) is 0 Å². The van der Waals surface area contributed by atoms with Crippen LogP contribution in [0, 0.1) is 0 Å². The smallest absolute Gasteiger partial charge is 0.221 e. The lowest BCUT2D eigenvalue weighted by atomic mass is 10.2. The van der Waals surface area contributed by atoms with Gasteiger partial charge in [-0.05, 0) is 24.3 Å². The second-order valence-electron chi connectivity index (χ2n) is 3.97. The van der Waals surface area contributed by atoms with E-state index in [1.165, 1.54) is 6.92 Å². The first kappa shape index (κ1) is 12.8. The van der Waals surface area contributed by atoms with Gasteiger partial charge >= 0.3 is 0 Å². The molecule has 1 N–H and O–H groups in total. The van der Waals surface area contributed by atoms with Crippen molar-refractivity contribution >= 4 is 17.9 Å². The van der Waals surface area contributed by atoms with Gasteiger partial charge in [-0.3, -0.25) is 9.59 Å². The van der Waals surface area contributed by atoms with E-state index in [1.807, 2.05) is 0 Å². The summed E-state index contributed by atoms with van der Waals surface area (Å²) in [7, 11) is 0. The van der Waals surface area contributed by atoms with E-state index in [9.17, 15) is 9.59 Å². The number of nitrogens with one attached hydrogen (secondary N) is 1. The molecule has 0 radical (unpaired) electrons. The lowest BCUT2D eigenvalue weighted by molar-refractivity contribution is -0.114. The molecule has 1 amide bonds. The van der Waals surface area contributed by atoms with Crippen LogP contribution in [-0.4, -0.2) is 12.2 Å². The Labute approximate surface area is 111 Å². The van der Waals surface area contributed by atoms with E-state index in [2.05, 4.69) is 5.32 Å². The standard InChI is InChI=1S/C15H13NO3/c1-11(18)16-13-6-4-7-14(9-13)19-15-8-3-2-5-12(15)10-17/h2-10H,1H3,(H,16,18). The number of rotatable bonds is 4. The highest BCUT2D eigenvalue weighted by atomic mass is 16.5. The monoisotopic (exact) mass is 255 g/mol. The zero-order chi connectivity index (χ0) is 13.7. The maximum Gasteiger partial charge on any atom is 0.221 e. The van der Waals surface area contributed by atoms with Gasteiger partial charge in [-0.15, -0.1) is 0 Å². The largest absolute Gasteiger partial charge is 0.457 e. The molecular formula is C15H13NO3. The van der Waals surface area contributed by atoms with E-state index in [4.69, 9.17) is 4.74 Å². The summed E-state index contributed by atoms with van der Waals surface area (Å²) in [4.78, 5) is 21.9. The van der Waals surface area contributed by atoms with Crippen LogP contribution in [0.5, 0.6) is 11.5 Å². The summed E-state index contributed by atoms with van der Waals surface area (Å²) in [6.07, 6.45) is 0.743. The van der Waals surface area contributed by atoms with Crippen molar-refractivity contribution in [2.24, 2.45) is 0 Å². The number of para-hydroxylation sites is 1. The second kappa shape index (κ2) is 5.82. The molecular weight excluding hydrogens is 242 g/mol. The molecule has 19 heavy (non-hydrogen) atoms. The van der Waals surface area contributed by atoms with Crippen molar-refractivity contribution in [2.45, 2.75) is 6.92 Å². The highest BCUT2D eigenvalue weighted by Crippen LogP contribution is 2.26. The molecule has 0 bridgehead atoms.